The maximum Gasteiger partial charge on any atom is 0.226 e. The van der Waals surface area contributed by atoms with E-state index in [0.717, 1.165) is 34.6 Å². The normalized spacial score (nSPS) is 20.7. The summed E-state index contributed by atoms with van der Waals surface area (Å²) in [4.78, 5) is 17.6. The van der Waals surface area contributed by atoms with Gasteiger partial charge in [-0.15, -0.1) is 0 Å². The number of carbonyl (C=O) groups excluding carboxylic acids is 1. The van der Waals surface area contributed by atoms with Gasteiger partial charge in [0.25, 0.3) is 0 Å². The Morgan fingerprint density at radius 3 is 2.52 bits per heavy atom. The summed E-state index contributed by atoms with van der Waals surface area (Å²) < 4.78 is 6.97. The van der Waals surface area contributed by atoms with Crippen LogP contribution in [0.4, 0.5) is 5.95 Å². The molecule has 2 N–H and O–H groups in total. The number of rotatable bonds is 3. The van der Waals surface area contributed by atoms with Crippen LogP contribution in [0, 0.1) is 0 Å². The molecule has 3 aromatic rings. The fraction of sp³-hybridized carbons (Fsp3) is 0.227. The summed E-state index contributed by atoms with van der Waals surface area (Å²) in [7, 11) is 1.64. The number of ether oxygens (including phenoxy) is 1. The molecule has 5 rings (SSSR count). The van der Waals surface area contributed by atoms with Crippen LogP contribution in [-0.2, 0) is 4.79 Å². The van der Waals surface area contributed by atoms with Crippen molar-refractivity contribution in [3.05, 3.63) is 77.3 Å². The number of nitrogens with zero attached hydrogens (tertiary/aromatic N) is 3. The van der Waals surface area contributed by atoms with Gasteiger partial charge in [-0.3, -0.25) is 4.79 Å². The zero-order valence-corrected chi connectivity index (χ0v) is 15.9. The van der Waals surface area contributed by atoms with Crippen LogP contribution in [0.1, 0.15) is 35.9 Å². The van der Waals surface area contributed by atoms with Gasteiger partial charge in [-0.25, -0.2) is 4.68 Å². The first-order chi connectivity index (χ1) is 14.1. The van der Waals surface area contributed by atoms with E-state index in [1.54, 1.807) is 23.9 Å². The fourth-order valence-corrected chi connectivity index (χ4v) is 4.23. The van der Waals surface area contributed by atoms with Crippen molar-refractivity contribution < 1.29 is 14.6 Å². The second-order valence-electron chi connectivity index (χ2n) is 7.34. The largest absolute Gasteiger partial charge is 0.508 e. The van der Waals surface area contributed by atoms with Crippen LogP contribution in [0.3, 0.4) is 0 Å². The summed E-state index contributed by atoms with van der Waals surface area (Å²) in [5, 5.41) is 17.3. The van der Waals surface area contributed by atoms with E-state index >= 15 is 0 Å². The number of carbonyl (C=O) groups is 1. The van der Waals surface area contributed by atoms with Crippen LogP contribution in [0.5, 0.6) is 11.5 Å². The molecule has 2 aromatic carbocycles. The Labute approximate surface area is 167 Å². The quantitative estimate of drug-likeness (QED) is 0.715. The minimum atomic E-state index is -0.353. The van der Waals surface area contributed by atoms with Crippen LogP contribution in [0.25, 0.3) is 0 Å². The van der Waals surface area contributed by atoms with Crippen LogP contribution in [0.2, 0.25) is 0 Å². The van der Waals surface area contributed by atoms with E-state index in [1.807, 2.05) is 36.4 Å². The molecule has 0 fully saturated rings. The van der Waals surface area contributed by atoms with E-state index in [0.29, 0.717) is 12.4 Å². The number of allylic oxidation sites excluding steroid dienone is 2. The van der Waals surface area contributed by atoms with E-state index in [9.17, 15) is 9.90 Å². The number of benzene rings is 2. The molecule has 0 amide bonds. The highest BCUT2D eigenvalue weighted by atomic mass is 16.5. The van der Waals surface area contributed by atoms with Crippen molar-refractivity contribution in [2.75, 3.05) is 12.4 Å². The van der Waals surface area contributed by atoms with Crippen molar-refractivity contribution >= 4 is 11.7 Å². The van der Waals surface area contributed by atoms with Crippen LogP contribution in [0.15, 0.2) is 66.1 Å². The van der Waals surface area contributed by atoms with Gasteiger partial charge in [0.1, 0.15) is 23.9 Å². The van der Waals surface area contributed by atoms with Crippen molar-refractivity contribution in [3.8, 4) is 11.5 Å². The van der Waals surface area contributed by atoms with Crippen molar-refractivity contribution in [1.82, 2.24) is 14.8 Å². The third-order valence-corrected chi connectivity index (χ3v) is 5.66. The van der Waals surface area contributed by atoms with Gasteiger partial charge in [0, 0.05) is 17.7 Å². The summed E-state index contributed by atoms with van der Waals surface area (Å²) in [5.41, 5.74) is 3.61. The van der Waals surface area contributed by atoms with Crippen molar-refractivity contribution in [3.63, 3.8) is 0 Å². The van der Waals surface area contributed by atoms with Gasteiger partial charge in [-0.2, -0.15) is 10.1 Å². The Kier molecular flexibility index (Phi) is 4.08. The van der Waals surface area contributed by atoms with E-state index in [4.69, 9.17) is 4.74 Å². The topological polar surface area (TPSA) is 89.3 Å². The molecule has 0 radical (unpaired) electrons. The van der Waals surface area contributed by atoms with E-state index in [1.165, 1.54) is 6.33 Å². The number of Topliss-reactive ketones (excluding diaryl/α,β-unsaturated/α-hetero) is 1. The second kappa shape index (κ2) is 6.77. The first kappa shape index (κ1) is 17.5. The van der Waals surface area contributed by atoms with Gasteiger partial charge >= 0.3 is 0 Å². The highest BCUT2D eigenvalue weighted by molar-refractivity contribution is 6.00. The SMILES string of the molecule is COc1ccc([C@H]2CC(=O)C3=C(C2)Nc2ncnn2[C@H]3c2ccc(O)cc2)cc1. The highest BCUT2D eigenvalue weighted by Crippen LogP contribution is 2.44. The molecule has 29 heavy (non-hydrogen) atoms. The van der Waals surface area contributed by atoms with E-state index in [2.05, 4.69) is 15.4 Å². The van der Waals surface area contributed by atoms with Gasteiger partial charge < -0.3 is 15.2 Å². The molecular formula is C22H20N4O3. The molecule has 2 atom stereocenters. The number of anilines is 1. The molecule has 1 aliphatic carbocycles. The average Bonchev–Trinajstić information content (AvgIpc) is 3.21. The first-order valence-corrected chi connectivity index (χ1v) is 9.49. The number of ketones is 1. The summed E-state index contributed by atoms with van der Waals surface area (Å²) in [6.07, 6.45) is 2.64. The summed E-state index contributed by atoms with van der Waals surface area (Å²) in [6.45, 7) is 0. The van der Waals surface area contributed by atoms with E-state index in [-0.39, 0.29) is 23.5 Å². The minimum absolute atomic E-state index is 0.0922. The monoisotopic (exact) mass is 388 g/mol. The molecule has 0 bridgehead atoms. The maximum absolute atomic E-state index is 13.3. The lowest BCUT2D eigenvalue weighted by Gasteiger charge is -2.35. The molecule has 7 nitrogen and oxygen atoms in total. The molecule has 2 aliphatic rings. The van der Waals surface area contributed by atoms with Crippen molar-refractivity contribution in [2.24, 2.45) is 0 Å². The molecular weight excluding hydrogens is 368 g/mol. The summed E-state index contributed by atoms with van der Waals surface area (Å²) >= 11 is 0. The molecule has 0 spiro atoms. The van der Waals surface area contributed by atoms with Crippen LogP contribution in [-0.4, -0.2) is 32.8 Å². The Morgan fingerprint density at radius 1 is 1.07 bits per heavy atom. The van der Waals surface area contributed by atoms with Gasteiger partial charge in [0.05, 0.1) is 7.11 Å². The van der Waals surface area contributed by atoms with Gasteiger partial charge in [0.2, 0.25) is 5.95 Å². The Morgan fingerprint density at radius 2 is 1.79 bits per heavy atom. The Balaban J connectivity index is 1.55. The lowest BCUT2D eigenvalue weighted by molar-refractivity contribution is -0.116. The van der Waals surface area contributed by atoms with Gasteiger partial charge in [0.15, 0.2) is 5.78 Å². The number of hydrogen-bond donors (Lipinski definition) is 2. The smallest absolute Gasteiger partial charge is 0.226 e. The molecule has 7 heteroatoms. The number of methoxy groups -OCH3 is 1. The average molecular weight is 388 g/mol. The fourth-order valence-electron chi connectivity index (χ4n) is 4.23. The van der Waals surface area contributed by atoms with Crippen LogP contribution < -0.4 is 10.1 Å². The molecule has 1 aromatic heterocycles. The number of aromatic hydroxyl groups is 1. The molecule has 1 aliphatic heterocycles. The number of phenolic OH excluding ortho intramolecular Hbond substituents is 1. The molecule has 2 heterocycles. The standard InChI is InChI=1S/C22H20N4O3/c1-29-17-8-4-13(5-9-17)15-10-18-20(19(28)11-15)21(14-2-6-16(27)7-3-14)26-22(25-18)23-12-24-26/h2-9,12,15,21,27H,10-11H2,1H3,(H,23,24,25)/t15-,21+/m1/s1. The lowest BCUT2D eigenvalue weighted by atomic mass is 9.78. The molecule has 0 unspecified atom stereocenters. The summed E-state index contributed by atoms with van der Waals surface area (Å²) in [6, 6.07) is 14.4. The number of nitrogens with one attached hydrogen (secondary N) is 1. The van der Waals surface area contributed by atoms with Crippen molar-refractivity contribution in [2.45, 2.75) is 24.8 Å². The molecule has 0 saturated carbocycles. The second-order valence-corrected chi connectivity index (χ2v) is 7.34. The summed E-state index contributed by atoms with van der Waals surface area (Å²) in [5.74, 6) is 1.79. The first-order valence-electron chi connectivity index (χ1n) is 9.49. The molecule has 0 saturated heterocycles. The zero-order chi connectivity index (χ0) is 20.0. The van der Waals surface area contributed by atoms with Crippen molar-refractivity contribution in [1.29, 1.82) is 0 Å². The number of fused-ring (bicyclic) bond motifs is 1. The third kappa shape index (κ3) is 2.95. The third-order valence-electron chi connectivity index (χ3n) is 5.66. The molecule has 146 valence electrons. The van der Waals surface area contributed by atoms with Gasteiger partial charge in [-0.05, 0) is 47.7 Å². The minimum Gasteiger partial charge on any atom is -0.508 e. The van der Waals surface area contributed by atoms with Crippen LogP contribution >= 0.6 is 0 Å². The van der Waals surface area contributed by atoms with Gasteiger partial charge in [-0.1, -0.05) is 24.3 Å². The maximum atomic E-state index is 13.3. The lowest BCUT2D eigenvalue weighted by Crippen LogP contribution is -2.33. The predicted octanol–water partition coefficient (Wildman–Crippen LogP) is 3.41. The van der Waals surface area contributed by atoms with E-state index < -0.39 is 0 Å². The number of aromatic nitrogens is 3. The Hall–Kier alpha value is -3.61. The highest BCUT2D eigenvalue weighted by Gasteiger charge is 2.39. The zero-order valence-electron chi connectivity index (χ0n) is 15.9. The number of hydrogen-bond acceptors (Lipinski definition) is 6. The Bertz CT molecular complexity index is 1100. The predicted molar refractivity (Wildman–Crippen MR) is 107 cm³/mol. The number of phenols is 1.